The molecular formula is C13H11NO. The molecule has 0 aromatic heterocycles. The minimum Gasteiger partial charge on any atom is -0.352 e. The molecule has 6 rings (SSSR count). The Hall–Kier alpha value is -1.31. The lowest BCUT2D eigenvalue weighted by atomic mass is 9.74. The van der Waals surface area contributed by atoms with Crippen molar-refractivity contribution in [3.8, 4) is 0 Å². The summed E-state index contributed by atoms with van der Waals surface area (Å²) < 4.78 is 0. The minimum atomic E-state index is 0.319. The Bertz CT molecular complexity index is 509. The van der Waals surface area contributed by atoms with E-state index in [2.05, 4.69) is 29.6 Å². The molecule has 6 bridgehead atoms. The molecule has 1 aliphatic heterocycles. The van der Waals surface area contributed by atoms with Crippen LogP contribution in [0, 0.1) is 17.8 Å². The van der Waals surface area contributed by atoms with Crippen molar-refractivity contribution >= 4 is 5.91 Å². The Kier molecular flexibility index (Phi) is 0.865. The first-order valence-corrected chi connectivity index (χ1v) is 5.77. The van der Waals surface area contributed by atoms with E-state index >= 15 is 0 Å². The van der Waals surface area contributed by atoms with Gasteiger partial charge in [-0.15, -0.1) is 0 Å². The zero-order valence-corrected chi connectivity index (χ0v) is 8.18. The van der Waals surface area contributed by atoms with Crippen LogP contribution in [-0.2, 0) is 4.79 Å². The minimum absolute atomic E-state index is 0.319. The summed E-state index contributed by atoms with van der Waals surface area (Å²) in [4.78, 5) is 11.8. The molecule has 15 heavy (non-hydrogen) atoms. The second-order valence-corrected chi connectivity index (χ2v) is 5.40. The van der Waals surface area contributed by atoms with Gasteiger partial charge >= 0.3 is 0 Å². The molecule has 1 aromatic rings. The quantitative estimate of drug-likeness (QED) is 0.666. The molecule has 0 radical (unpaired) electrons. The molecule has 3 fully saturated rings. The summed E-state index contributed by atoms with van der Waals surface area (Å²) in [6.07, 6.45) is 0. The fourth-order valence-electron chi connectivity index (χ4n) is 4.69. The van der Waals surface area contributed by atoms with Gasteiger partial charge in [-0.25, -0.2) is 0 Å². The Morgan fingerprint density at radius 1 is 0.933 bits per heavy atom. The van der Waals surface area contributed by atoms with Gasteiger partial charge in [0.2, 0.25) is 5.91 Å². The van der Waals surface area contributed by atoms with Gasteiger partial charge in [0.25, 0.3) is 0 Å². The van der Waals surface area contributed by atoms with Gasteiger partial charge in [-0.2, -0.15) is 0 Å². The highest BCUT2D eigenvalue weighted by molar-refractivity contribution is 5.88. The van der Waals surface area contributed by atoms with Crippen molar-refractivity contribution in [3.05, 3.63) is 35.4 Å². The van der Waals surface area contributed by atoms with Crippen LogP contribution in [0.2, 0.25) is 0 Å². The van der Waals surface area contributed by atoms with Crippen LogP contribution < -0.4 is 5.32 Å². The van der Waals surface area contributed by atoms with Crippen LogP contribution in [-0.4, -0.2) is 11.9 Å². The normalized spacial score (nSPS) is 51.3. The van der Waals surface area contributed by atoms with Crippen molar-refractivity contribution < 1.29 is 4.79 Å². The zero-order chi connectivity index (χ0) is 9.73. The number of carbonyl (C=O) groups is 1. The molecule has 1 N–H and O–H groups in total. The summed E-state index contributed by atoms with van der Waals surface area (Å²) in [6, 6.07) is 9.22. The van der Waals surface area contributed by atoms with E-state index in [4.69, 9.17) is 0 Å². The third kappa shape index (κ3) is 0.543. The lowest BCUT2D eigenvalue weighted by Crippen LogP contribution is -2.33. The molecule has 5 aliphatic rings. The van der Waals surface area contributed by atoms with Gasteiger partial charge in [0, 0.05) is 12.0 Å². The SMILES string of the molecule is O=C1N[C@H]2[C@H]3c4ccccc4[C@@H]4[C@@H]2[C@H]4[C@@H]13. The molecule has 4 aliphatic carbocycles. The van der Waals surface area contributed by atoms with E-state index in [0.717, 1.165) is 5.92 Å². The van der Waals surface area contributed by atoms with Crippen molar-refractivity contribution in [2.45, 2.75) is 17.9 Å². The largest absolute Gasteiger partial charge is 0.352 e. The number of hydrogen-bond acceptors (Lipinski definition) is 1. The van der Waals surface area contributed by atoms with Gasteiger partial charge in [-0.1, -0.05) is 24.3 Å². The highest BCUT2D eigenvalue weighted by Gasteiger charge is 2.76. The Labute approximate surface area is 87.7 Å². The molecular weight excluding hydrogens is 186 g/mol. The van der Waals surface area contributed by atoms with E-state index < -0.39 is 0 Å². The second-order valence-electron chi connectivity index (χ2n) is 5.40. The van der Waals surface area contributed by atoms with E-state index in [-0.39, 0.29) is 0 Å². The molecule has 74 valence electrons. The maximum absolute atomic E-state index is 11.8. The van der Waals surface area contributed by atoms with E-state index in [1.54, 1.807) is 5.56 Å². The molecule has 2 saturated carbocycles. The van der Waals surface area contributed by atoms with Crippen LogP contribution >= 0.6 is 0 Å². The molecule has 1 heterocycles. The number of nitrogens with one attached hydrogen (secondary N) is 1. The fourth-order valence-corrected chi connectivity index (χ4v) is 4.69. The van der Waals surface area contributed by atoms with Crippen LogP contribution in [0.3, 0.4) is 0 Å². The number of hydrogen-bond donors (Lipinski definition) is 1. The van der Waals surface area contributed by atoms with Gasteiger partial charge in [0.05, 0.1) is 5.92 Å². The summed E-state index contributed by atoms with van der Waals surface area (Å²) in [6.45, 7) is 0. The van der Waals surface area contributed by atoms with Gasteiger partial charge in [-0.3, -0.25) is 4.79 Å². The van der Waals surface area contributed by atoms with E-state index in [9.17, 15) is 4.79 Å². The van der Waals surface area contributed by atoms with Crippen LogP contribution in [0.4, 0.5) is 0 Å². The van der Waals surface area contributed by atoms with E-state index in [1.165, 1.54) is 5.56 Å². The molecule has 2 nitrogen and oxygen atoms in total. The van der Waals surface area contributed by atoms with E-state index in [1.807, 2.05) is 0 Å². The van der Waals surface area contributed by atoms with Gasteiger partial charge in [0.1, 0.15) is 0 Å². The molecule has 0 spiro atoms. The predicted molar refractivity (Wildman–Crippen MR) is 54.3 cm³/mol. The molecule has 1 amide bonds. The number of amides is 1. The number of rotatable bonds is 0. The lowest BCUT2D eigenvalue weighted by Gasteiger charge is -2.29. The maximum Gasteiger partial charge on any atom is 0.224 e. The molecule has 2 heteroatoms. The third-order valence-electron chi connectivity index (χ3n) is 5.06. The summed E-state index contributed by atoms with van der Waals surface area (Å²) in [7, 11) is 0. The summed E-state index contributed by atoms with van der Waals surface area (Å²) in [5.74, 6) is 3.34. The third-order valence-corrected chi connectivity index (χ3v) is 5.06. The van der Waals surface area contributed by atoms with Gasteiger partial charge in [0.15, 0.2) is 0 Å². The van der Waals surface area contributed by atoms with Crippen LogP contribution in [0.5, 0.6) is 0 Å². The average Bonchev–Trinajstić information content (AvgIpc) is 2.84. The summed E-state index contributed by atoms with van der Waals surface area (Å²) in [5, 5.41) is 3.18. The van der Waals surface area contributed by atoms with Crippen molar-refractivity contribution in [3.63, 3.8) is 0 Å². The molecule has 6 atom stereocenters. The Morgan fingerprint density at radius 3 is 2.40 bits per heavy atom. The Morgan fingerprint density at radius 2 is 1.67 bits per heavy atom. The summed E-state index contributed by atoms with van der Waals surface area (Å²) in [5.41, 5.74) is 3.00. The first-order valence-electron chi connectivity index (χ1n) is 5.77. The molecule has 1 saturated heterocycles. The molecule has 1 aromatic carbocycles. The van der Waals surface area contributed by atoms with Gasteiger partial charge < -0.3 is 5.32 Å². The van der Waals surface area contributed by atoms with Crippen LogP contribution in [0.1, 0.15) is 23.0 Å². The first kappa shape index (κ1) is 7.04. The van der Waals surface area contributed by atoms with Crippen molar-refractivity contribution in [1.29, 1.82) is 0 Å². The Balaban J connectivity index is 1.84. The number of benzene rings is 1. The first-order chi connectivity index (χ1) is 7.38. The smallest absolute Gasteiger partial charge is 0.224 e. The standard InChI is InChI=1S/C13H11NO/c15-13-11-8-6-4-2-1-3-5(6)7-9(11)10(7)12(8)14-13/h1-4,7-12H,(H,14,15)/t7-,8-,9-,10+,11-,12-/m0/s1. The lowest BCUT2D eigenvalue weighted by molar-refractivity contribution is -0.124. The maximum atomic E-state index is 11.8. The number of piperidine rings is 1. The highest BCUT2D eigenvalue weighted by Crippen LogP contribution is 2.76. The molecule has 0 unspecified atom stereocenters. The van der Waals surface area contributed by atoms with Gasteiger partial charge in [-0.05, 0) is 28.9 Å². The van der Waals surface area contributed by atoms with Crippen molar-refractivity contribution in [2.24, 2.45) is 17.8 Å². The number of carbonyl (C=O) groups excluding carboxylic acids is 1. The average molecular weight is 197 g/mol. The topological polar surface area (TPSA) is 29.1 Å². The zero-order valence-electron chi connectivity index (χ0n) is 8.18. The predicted octanol–water partition coefficient (Wildman–Crippen LogP) is 1.24. The van der Waals surface area contributed by atoms with Crippen molar-refractivity contribution in [1.82, 2.24) is 5.32 Å². The summed E-state index contributed by atoms with van der Waals surface area (Å²) >= 11 is 0. The fraction of sp³-hybridized carbons (Fsp3) is 0.462. The van der Waals surface area contributed by atoms with Crippen molar-refractivity contribution in [2.75, 3.05) is 0 Å². The monoisotopic (exact) mass is 197 g/mol. The van der Waals surface area contributed by atoms with E-state index in [0.29, 0.717) is 35.6 Å². The highest BCUT2D eigenvalue weighted by atomic mass is 16.2. The van der Waals surface area contributed by atoms with Crippen LogP contribution in [0.25, 0.3) is 0 Å². The van der Waals surface area contributed by atoms with Crippen LogP contribution in [0.15, 0.2) is 24.3 Å². The second kappa shape index (κ2) is 1.84.